The van der Waals surface area contributed by atoms with Crippen molar-refractivity contribution in [3.63, 3.8) is 0 Å². The van der Waals surface area contributed by atoms with E-state index in [1.807, 2.05) is 13.0 Å². The molecule has 2 aromatic rings. The van der Waals surface area contributed by atoms with Gasteiger partial charge in [0.1, 0.15) is 11.6 Å². The molecule has 0 spiro atoms. The fourth-order valence-corrected chi connectivity index (χ4v) is 1.45. The number of pyridine rings is 1. The molecule has 2 rings (SSSR count). The van der Waals surface area contributed by atoms with Crippen LogP contribution in [0.2, 0.25) is 0 Å². The second-order valence-corrected chi connectivity index (χ2v) is 3.74. The summed E-state index contributed by atoms with van der Waals surface area (Å²) < 4.78 is 18.3. The number of benzene rings is 1. The maximum absolute atomic E-state index is 12.7. The molecule has 3 nitrogen and oxygen atoms in total. The van der Waals surface area contributed by atoms with Gasteiger partial charge >= 0.3 is 0 Å². The van der Waals surface area contributed by atoms with Crippen LogP contribution >= 0.6 is 0 Å². The molecule has 1 unspecified atom stereocenters. The zero-order chi connectivity index (χ0) is 12.3. The van der Waals surface area contributed by atoms with E-state index in [2.05, 4.69) is 4.98 Å². The molecular formula is C13H13FN2O. The number of aromatic nitrogens is 1. The minimum Gasteiger partial charge on any atom is -0.439 e. The summed E-state index contributed by atoms with van der Waals surface area (Å²) in [5, 5.41) is 0. The molecule has 0 saturated heterocycles. The summed E-state index contributed by atoms with van der Waals surface area (Å²) >= 11 is 0. The first-order chi connectivity index (χ1) is 8.16. The first-order valence-corrected chi connectivity index (χ1v) is 5.31. The van der Waals surface area contributed by atoms with Crippen LogP contribution in [-0.4, -0.2) is 4.98 Å². The normalized spacial score (nSPS) is 12.2. The molecule has 4 heteroatoms. The molecule has 0 saturated carbocycles. The summed E-state index contributed by atoms with van der Waals surface area (Å²) in [6.45, 7) is 1.86. The molecule has 0 radical (unpaired) electrons. The van der Waals surface area contributed by atoms with Crippen LogP contribution in [0.5, 0.6) is 11.6 Å². The third-order valence-electron chi connectivity index (χ3n) is 2.32. The van der Waals surface area contributed by atoms with Gasteiger partial charge in [-0.1, -0.05) is 6.07 Å². The van der Waals surface area contributed by atoms with Crippen LogP contribution in [0, 0.1) is 5.82 Å². The van der Waals surface area contributed by atoms with Crippen molar-refractivity contribution in [3.05, 3.63) is 54.0 Å². The van der Waals surface area contributed by atoms with Crippen LogP contribution in [0.15, 0.2) is 42.6 Å². The maximum atomic E-state index is 12.7. The van der Waals surface area contributed by atoms with Gasteiger partial charge < -0.3 is 10.5 Å². The summed E-state index contributed by atoms with van der Waals surface area (Å²) in [6.07, 6.45) is 1.63. The number of rotatable bonds is 3. The molecule has 17 heavy (non-hydrogen) atoms. The monoisotopic (exact) mass is 232 g/mol. The van der Waals surface area contributed by atoms with E-state index in [0.29, 0.717) is 11.6 Å². The fourth-order valence-electron chi connectivity index (χ4n) is 1.45. The highest BCUT2D eigenvalue weighted by atomic mass is 19.1. The lowest BCUT2D eigenvalue weighted by molar-refractivity contribution is 0.450. The van der Waals surface area contributed by atoms with Gasteiger partial charge in [0.25, 0.3) is 0 Å². The number of nitrogens with two attached hydrogens (primary N) is 1. The molecule has 88 valence electrons. The van der Waals surface area contributed by atoms with E-state index in [0.717, 1.165) is 5.56 Å². The van der Waals surface area contributed by atoms with Gasteiger partial charge in [0.15, 0.2) is 0 Å². The minimum absolute atomic E-state index is 0.167. The van der Waals surface area contributed by atoms with Crippen LogP contribution in [-0.2, 0) is 0 Å². The molecule has 0 amide bonds. The standard InChI is InChI=1S/C13H13FN2O/c1-9(15)12-3-2-8-16-13(12)17-11-6-4-10(14)5-7-11/h2-9H,15H2,1H3. The molecule has 1 atom stereocenters. The van der Waals surface area contributed by atoms with Crippen LogP contribution in [0.4, 0.5) is 4.39 Å². The molecule has 1 aromatic heterocycles. The second kappa shape index (κ2) is 4.93. The average Bonchev–Trinajstić information content (AvgIpc) is 2.32. The SMILES string of the molecule is CC(N)c1cccnc1Oc1ccc(F)cc1. The highest BCUT2D eigenvalue weighted by molar-refractivity contribution is 5.33. The quantitative estimate of drug-likeness (QED) is 0.884. The molecule has 0 aliphatic heterocycles. The average molecular weight is 232 g/mol. The number of ether oxygens (including phenoxy) is 1. The van der Waals surface area contributed by atoms with Gasteiger partial charge in [-0.3, -0.25) is 0 Å². The Kier molecular flexibility index (Phi) is 3.35. The smallest absolute Gasteiger partial charge is 0.223 e. The van der Waals surface area contributed by atoms with Crippen LogP contribution in [0.25, 0.3) is 0 Å². The van der Waals surface area contributed by atoms with Gasteiger partial charge in [-0.2, -0.15) is 0 Å². The van der Waals surface area contributed by atoms with Crippen LogP contribution in [0.3, 0.4) is 0 Å². The van der Waals surface area contributed by atoms with E-state index in [1.54, 1.807) is 24.4 Å². The van der Waals surface area contributed by atoms with E-state index in [-0.39, 0.29) is 11.9 Å². The van der Waals surface area contributed by atoms with Crippen LogP contribution in [0.1, 0.15) is 18.5 Å². The Labute approximate surface area is 99.1 Å². The van der Waals surface area contributed by atoms with E-state index in [4.69, 9.17) is 10.5 Å². The van der Waals surface area contributed by atoms with Gasteiger partial charge in [-0.05, 0) is 37.3 Å². The highest BCUT2D eigenvalue weighted by Crippen LogP contribution is 2.26. The molecule has 0 fully saturated rings. The molecule has 1 aromatic carbocycles. The summed E-state index contributed by atoms with van der Waals surface area (Å²) in [7, 11) is 0. The number of halogens is 1. The van der Waals surface area contributed by atoms with Gasteiger partial charge in [0.2, 0.25) is 5.88 Å². The molecule has 2 N–H and O–H groups in total. The number of hydrogen-bond acceptors (Lipinski definition) is 3. The van der Waals surface area contributed by atoms with E-state index >= 15 is 0 Å². The zero-order valence-corrected chi connectivity index (χ0v) is 9.43. The van der Waals surface area contributed by atoms with Crippen molar-refractivity contribution >= 4 is 0 Å². The Morgan fingerprint density at radius 3 is 2.59 bits per heavy atom. The first-order valence-electron chi connectivity index (χ1n) is 5.31. The van der Waals surface area contributed by atoms with Crippen molar-refractivity contribution in [2.45, 2.75) is 13.0 Å². The molecular weight excluding hydrogens is 219 g/mol. The van der Waals surface area contributed by atoms with E-state index < -0.39 is 0 Å². The summed E-state index contributed by atoms with van der Waals surface area (Å²) in [6, 6.07) is 9.27. The number of hydrogen-bond donors (Lipinski definition) is 1. The lowest BCUT2D eigenvalue weighted by atomic mass is 10.1. The van der Waals surface area contributed by atoms with Gasteiger partial charge in [0.05, 0.1) is 0 Å². The predicted molar refractivity (Wildman–Crippen MR) is 63.3 cm³/mol. The lowest BCUT2D eigenvalue weighted by Gasteiger charge is -2.11. The van der Waals surface area contributed by atoms with Crippen LogP contribution < -0.4 is 10.5 Å². The molecule has 1 heterocycles. The Hall–Kier alpha value is -1.94. The highest BCUT2D eigenvalue weighted by Gasteiger charge is 2.09. The summed E-state index contributed by atoms with van der Waals surface area (Å²) in [5.74, 6) is 0.687. The fraction of sp³-hybridized carbons (Fsp3) is 0.154. The Bertz CT molecular complexity index is 497. The zero-order valence-electron chi connectivity index (χ0n) is 9.43. The first kappa shape index (κ1) is 11.5. The van der Waals surface area contributed by atoms with E-state index in [9.17, 15) is 4.39 Å². The van der Waals surface area contributed by atoms with Gasteiger partial charge in [-0.15, -0.1) is 0 Å². The summed E-state index contributed by atoms with van der Waals surface area (Å²) in [5.41, 5.74) is 6.63. The van der Waals surface area contributed by atoms with Crippen molar-refractivity contribution in [1.29, 1.82) is 0 Å². The number of nitrogens with zero attached hydrogens (tertiary/aromatic N) is 1. The third kappa shape index (κ3) is 2.79. The van der Waals surface area contributed by atoms with Crippen molar-refractivity contribution in [3.8, 4) is 11.6 Å². The predicted octanol–water partition coefficient (Wildman–Crippen LogP) is 3.03. The Morgan fingerprint density at radius 2 is 1.94 bits per heavy atom. The molecule has 0 aliphatic carbocycles. The second-order valence-electron chi connectivity index (χ2n) is 3.74. The Morgan fingerprint density at radius 1 is 1.24 bits per heavy atom. The largest absolute Gasteiger partial charge is 0.439 e. The van der Waals surface area contributed by atoms with Crippen molar-refractivity contribution in [1.82, 2.24) is 4.98 Å². The summed E-state index contributed by atoms with van der Waals surface area (Å²) in [4.78, 5) is 4.12. The van der Waals surface area contributed by atoms with Gasteiger partial charge in [-0.25, -0.2) is 9.37 Å². The third-order valence-corrected chi connectivity index (χ3v) is 2.32. The van der Waals surface area contributed by atoms with Crippen molar-refractivity contribution in [2.75, 3.05) is 0 Å². The molecule has 0 aliphatic rings. The minimum atomic E-state index is -0.300. The molecule has 0 bridgehead atoms. The Balaban J connectivity index is 2.26. The van der Waals surface area contributed by atoms with Crippen molar-refractivity contribution in [2.24, 2.45) is 5.73 Å². The van der Waals surface area contributed by atoms with Gasteiger partial charge in [0, 0.05) is 17.8 Å². The lowest BCUT2D eigenvalue weighted by Crippen LogP contribution is -2.07. The maximum Gasteiger partial charge on any atom is 0.223 e. The van der Waals surface area contributed by atoms with Crippen molar-refractivity contribution < 1.29 is 9.13 Å². The van der Waals surface area contributed by atoms with E-state index in [1.165, 1.54) is 12.1 Å². The topological polar surface area (TPSA) is 48.1 Å².